The third-order valence-corrected chi connectivity index (χ3v) is 19.4. The molecule has 0 bridgehead atoms. The normalized spacial score (nSPS) is 14.0. The summed E-state index contributed by atoms with van der Waals surface area (Å²) in [7, 11) is 0. The van der Waals surface area contributed by atoms with Gasteiger partial charge in [-0.2, -0.15) is 24.9 Å². The Bertz CT molecular complexity index is 4510. The summed E-state index contributed by atoms with van der Waals surface area (Å²) in [6, 6.07) is 14.4. The van der Waals surface area contributed by atoms with Gasteiger partial charge in [0.15, 0.2) is 29.1 Å². The van der Waals surface area contributed by atoms with Gasteiger partial charge in [0.05, 0.1) is 33.8 Å². The van der Waals surface area contributed by atoms with Crippen molar-refractivity contribution in [2.24, 2.45) is 0 Å². The Kier molecular flexibility index (Phi) is 32.4. The number of fused-ring (bicyclic) bond motifs is 5. The van der Waals surface area contributed by atoms with Crippen LogP contribution in [-0.2, 0) is 9.59 Å². The number of carbonyl (C=O) groups is 2. The summed E-state index contributed by atoms with van der Waals surface area (Å²) in [4.78, 5) is 87.1. The lowest BCUT2D eigenvalue weighted by Crippen LogP contribution is -2.36. The van der Waals surface area contributed by atoms with Gasteiger partial charge in [-0.3, -0.25) is 19.9 Å². The van der Waals surface area contributed by atoms with Crippen molar-refractivity contribution in [3.05, 3.63) is 90.9 Å². The number of halogens is 1. The zero-order valence-corrected chi connectivity index (χ0v) is 66.1. The second-order valence-electron chi connectivity index (χ2n) is 29.2. The largest absolute Gasteiger partial charge is 0.368 e. The summed E-state index contributed by atoms with van der Waals surface area (Å²) in [5.41, 5.74) is 36.4. The SMILES string of the molecule is CCCC[C@@](C)(CC)Nc1nc(N)nc2cc(F)cnc12.CCCC[C@@](C)(CC)Nc1nc(N)nc2cccnc12.CCCC[C@@](C)(CCC(C)=O)Nc1nc(N)nc2c(C)ccnc12.CCCC[C@@](C)(CCC(C)=O)Nc1nc(N)nc2cccnc12.CCC[C@](C)(CC)Nc1nc(N)nc2cccnc12. The van der Waals surface area contributed by atoms with Gasteiger partial charge in [0.1, 0.15) is 45.0 Å². The van der Waals surface area contributed by atoms with E-state index in [1.165, 1.54) is 25.1 Å². The maximum Gasteiger partial charge on any atom is 0.222 e. The van der Waals surface area contributed by atoms with E-state index in [2.05, 4.69) is 191 Å². The molecule has 10 aromatic rings. The molecule has 0 spiro atoms. The highest BCUT2D eigenvalue weighted by molar-refractivity contribution is 5.90. The van der Waals surface area contributed by atoms with Crippen molar-refractivity contribution in [3.63, 3.8) is 0 Å². The quantitative estimate of drug-likeness (QED) is 0.0183. The molecule has 107 heavy (non-hydrogen) atoms. The number of aryl methyl sites for hydroxylation is 1. The summed E-state index contributed by atoms with van der Waals surface area (Å²) in [5, 5.41) is 17.4. The maximum atomic E-state index is 13.3. The van der Waals surface area contributed by atoms with E-state index in [0.717, 1.165) is 159 Å². The monoisotopic (exact) mass is 1470 g/mol. The van der Waals surface area contributed by atoms with Crippen molar-refractivity contribution in [2.75, 3.05) is 55.3 Å². The first-order valence-electron chi connectivity index (χ1n) is 37.9. The van der Waals surface area contributed by atoms with Crippen molar-refractivity contribution in [1.29, 1.82) is 0 Å². The van der Waals surface area contributed by atoms with Gasteiger partial charge in [-0.05, 0) is 168 Å². The second-order valence-corrected chi connectivity index (χ2v) is 29.2. The lowest BCUT2D eigenvalue weighted by atomic mass is 9.89. The number of hydrogen-bond acceptors (Lipinski definition) is 27. The molecule has 578 valence electrons. The minimum absolute atomic E-state index is 0.00000520. The fourth-order valence-corrected chi connectivity index (χ4v) is 12.2. The van der Waals surface area contributed by atoms with Crippen LogP contribution in [0.1, 0.15) is 244 Å². The lowest BCUT2D eigenvalue weighted by Gasteiger charge is -2.31. The first kappa shape index (κ1) is 85.6. The minimum atomic E-state index is -0.434. The standard InChI is InChI=1S/C18H27N5O.C17H25N5O.C15H22FN5.C15H23N5.C14H21N5/c1-5-6-9-18(4,10-7-13(3)24)23-16-15-14(21-17(19)22-16)12(2)8-11-20-15;1-4-5-9-17(3,10-8-12(2)23)22-15-14-13(7-6-11-19-14)20-16(18)21-15;1-4-6-7-15(3,5-2)21-13-12-11(19-14(17)20-13)8-10(16)9-18-12;1-4-6-9-15(3,5-2)20-13-12-11(8-7-10-17-12)18-14(16)19-13;1-4-8-14(3,5-2)19-12-11-10(7-6-9-16-11)17-13(15)18-12/h8,11H,5-7,9-10H2,1-4H3,(H3,19,21,22,23);6-7,11H,4-5,8-10H2,1-3H3,(H3,18,20,21,22);8-9H,4-7H2,1-3H3,(H3,17,19,20,21);7-8,10H,4-6,9H2,1-3H3,(H3,16,18,19,20);6-7,9H,4-5,8H2,1-3H3,(H3,15,17,18,19)/t18-;17-;2*15-;14-/m00110/s1. The molecule has 0 aromatic carbocycles. The maximum absolute atomic E-state index is 13.3. The molecule has 28 heteroatoms. The first-order chi connectivity index (χ1) is 50.9. The molecule has 0 aliphatic heterocycles. The zero-order chi connectivity index (χ0) is 78.5. The number of nitrogens with zero attached hydrogens (tertiary/aromatic N) is 15. The van der Waals surface area contributed by atoms with Crippen LogP contribution in [0.15, 0.2) is 79.5 Å². The fourth-order valence-electron chi connectivity index (χ4n) is 12.2. The van der Waals surface area contributed by atoms with Gasteiger partial charge < -0.3 is 64.8 Å². The highest BCUT2D eigenvalue weighted by Crippen LogP contribution is 2.34. The number of ketones is 2. The van der Waals surface area contributed by atoms with Crippen LogP contribution in [0.5, 0.6) is 0 Å². The number of rotatable bonds is 33. The van der Waals surface area contributed by atoms with Crippen LogP contribution in [0.4, 0.5) is 63.2 Å². The molecule has 10 heterocycles. The molecular formula is C79H118FN25O2. The summed E-state index contributed by atoms with van der Waals surface area (Å²) < 4.78 is 13.3. The van der Waals surface area contributed by atoms with E-state index in [4.69, 9.17) is 28.7 Å². The highest BCUT2D eigenvalue weighted by atomic mass is 19.1. The van der Waals surface area contributed by atoms with Gasteiger partial charge in [0.25, 0.3) is 0 Å². The highest BCUT2D eigenvalue weighted by Gasteiger charge is 2.30. The van der Waals surface area contributed by atoms with E-state index < -0.39 is 5.82 Å². The van der Waals surface area contributed by atoms with E-state index in [1.54, 1.807) is 38.6 Å². The Morgan fingerprint density at radius 3 is 1.02 bits per heavy atom. The number of nitrogens with two attached hydrogens (primary N) is 5. The Hall–Kier alpha value is -10.3. The Morgan fingerprint density at radius 2 is 0.673 bits per heavy atom. The summed E-state index contributed by atoms with van der Waals surface area (Å²) >= 11 is 0. The zero-order valence-electron chi connectivity index (χ0n) is 66.1. The number of nitrogens with one attached hydrogen (secondary N) is 5. The molecule has 0 saturated carbocycles. The molecule has 10 aromatic heterocycles. The first-order valence-corrected chi connectivity index (χ1v) is 37.9. The number of nitrogen functional groups attached to an aromatic ring is 5. The molecule has 10 rings (SSSR count). The van der Waals surface area contributed by atoms with Crippen LogP contribution in [0.25, 0.3) is 55.2 Å². The van der Waals surface area contributed by atoms with Crippen LogP contribution in [-0.4, -0.2) is 114 Å². The van der Waals surface area contributed by atoms with E-state index in [1.807, 2.05) is 49.4 Å². The number of Topliss-reactive ketones (excluding diaryl/α,β-unsaturated/α-hetero) is 2. The predicted molar refractivity (Wildman–Crippen MR) is 437 cm³/mol. The molecule has 0 unspecified atom stereocenters. The number of pyridine rings is 5. The third kappa shape index (κ3) is 26.0. The Morgan fingerprint density at radius 1 is 0.364 bits per heavy atom. The molecule has 0 aliphatic rings. The van der Waals surface area contributed by atoms with E-state index >= 15 is 0 Å². The van der Waals surface area contributed by atoms with E-state index in [0.29, 0.717) is 52.4 Å². The molecule has 5 atom stereocenters. The van der Waals surface area contributed by atoms with Crippen molar-refractivity contribution < 1.29 is 14.0 Å². The molecule has 0 aliphatic carbocycles. The molecule has 0 radical (unpaired) electrons. The van der Waals surface area contributed by atoms with Crippen molar-refractivity contribution in [2.45, 2.75) is 273 Å². The molecule has 0 saturated heterocycles. The van der Waals surface area contributed by atoms with Crippen molar-refractivity contribution in [3.8, 4) is 0 Å². The topological polar surface area (TPSA) is 418 Å². The second kappa shape index (κ2) is 40.4. The van der Waals surface area contributed by atoms with Gasteiger partial charge in [-0.25, -0.2) is 34.3 Å². The van der Waals surface area contributed by atoms with E-state index in [9.17, 15) is 14.0 Å². The van der Waals surface area contributed by atoms with Crippen molar-refractivity contribution in [1.82, 2.24) is 74.8 Å². The van der Waals surface area contributed by atoms with Crippen molar-refractivity contribution >= 4 is 126 Å². The summed E-state index contributed by atoms with van der Waals surface area (Å²) in [6.45, 7) is 33.4. The number of anilines is 10. The predicted octanol–water partition coefficient (Wildman–Crippen LogP) is 16.9. The number of hydrogen-bond donors (Lipinski definition) is 10. The average Bonchev–Trinajstić information content (AvgIpc) is 0.825. The van der Waals surface area contributed by atoms with Gasteiger partial charge in [-0.15, -0.1) is 0 Å². The summed E-state index contributed by atoms with van der Waals surface area (Å²) in [6.07, 6.45) is 28.9. The van der Waals surface area contributed by atoms with Crippen LogP contribution in [0.3, 0.4) is 0 Å². The number of carbonyl (C=O) groups excluding carboxylic acids is 2. The summed E-state index contributed by atoms with van der Waals surface area (Å²) in [5.74, 6) is 4.37. The lowest BCUT2D eigenvalue weighted by molar-refractivity contribution is -0.118. The average molecular weight is 1470 g/mol. The van der Waals surface area contributed by atoms with Crippen LogP contribution in [0, 0.1) is 12.7 Å². The molecular weight excluding hydrogens is 1350 g/mol. The third-order valence-electron chi connectivity index (χ3n) is 19.4. The number of unbranched alkanes of at least 4 members (excludes halogenated alkanes) is 4. The molecule has 15 N–H and O–H groups in total. The van der Waals surface area contributed by atoms with Gasteiger partial charge >= 0.3 is 0 Å². The van der Waals surface area contributed by atoms with Gasteiger partial charge in [-0.1, -0.05) is 113 Å². The Labute approximate surface area is 630 Å². The van der Waals surface area contributed by atoms with Crippen LogP contribution < -0.4 is 55.3 Å². The minimum Gasteiger partial charge on any atom is -0.368 e. The fraction of sp³-hybridized carbons (Fsp3) is 0.532. The Balaban J connectivity index is 0.000000210. The van der Waals surface area contributed by atoms with Gasteiger partial charge in [0.2, 0.25) is 29.7 Å². The van der Waals surface area contributed by atoms with E-state index in [-0.39, 0.29) is 69.0 Å². The van der Waals surface area contributed by atoms with Crippen LogP contribution in [0.2, 0.25) is 0 Å². The smallest absolute Gasteiger partial charge is 0.222 e. The number of aromatic nitrogens is 15. The molecule has 27 nitrogen and oxygen atoms in total. The molecule has 0 amide bonds. The molecule has 0 fully saturated rings. The van der Waals surface area contributed by atoms with Crippen LogP contribution >= 0.6 is 0 Å². The van der Waals surface area contributed by atoms with Gasteiger partial charge in [0, 0.05) is 71.4 Å².